The summed E-state index contributed by atoms with van der Waals surface area (Å²) in [6, 6.07) is 11.2. The Morgan fingerprint density at radius 2 is 2.08 bits per heavy atom. The van der Waals surface area contributed by atoms with Crippen molar-refractivity contribution in [3.63, 3.8) is 0 Å². The minimum absolute atomic E-state index is 0.230. The number of para-hydroxylation sites is 1. The average molecular weight is 329 g/mol. The van der Waals surface area contributed by atoms with E-state index in [1.165, 1.54) is 6.26 Å². The number of carbonyl (C=O) groups is 1. The van der Waals surface area contributed by atoms with Crippen LogP contribution in [-0.4, -0.2) is 23.7 Å². The highest BCUT2D eigenvalue weighted by Gasteiger charge is 2.22. The molecule has 1 aliphatic carbocycles. The lowest BCUT2D eigenvalue weighted by Gasteiger charge is -2.25. The number of rotatable bonds is 6. The van der Waals surface area contributed by atoms with E-state index in [4.69, 9.17) is 9.15 Å². The smallest absolute Gasteiger partial charge is 0.287 e. The molecular formula is C19H23NO4. The minimum atomic E-state index is -0.237. The van der Waals surface area contributed by atoms with E-state index < -0.39 is 0 Å². The van der Waals surface area contributed by atoms with E-state index in [-0.39, 0.29) is 18.6 Å². The Morgan fingerprint density at radius 3 is 2.88 bits per heavy atom. The van der Waals surface area contributed by atoms with Gasteiger partial charge in [0, 0.05) is 12.1 Å². The van der Waals surface area contributed by atoms with Crippen LogP contribution in [0, 0.1) is 5.92 Å². The van der Waals surface area contributed by atoms with E-state index in [1.54, 1.807) is 6.07 Å². The van der Waals surface area contributed by atoms with Crippen molar-refractivity contribution in [3.05, 3.63) is 54.0 Å². The highest BCUT2D eigenvalue weighted by molar-refractivity contribution is 5.92. The van der Waals surface area contributed by atoms with Gasteiger partial charge in [-0.15, -0.1) is 0 Å². The highest BCUT2D eigenvalue weighted by Crippen LogP contribution is 2.23. The summed E-state index contributed by atoms with van der Waals surface area (Å²) in [5.74, 6) is 1.15. The van der Waals surface area contributed by atoms with Gasteiger partial charge in [-0.25, -0.2) is 0 Å². The van der Waals surface area contributed by atoms with Crippen LogP contribution in [0.4, 0.5) is 0 Å². The molecule has 128 valence electrons. The second-order valence-corrected chi connectivity index (χ2v) is 6.27. The molecule has 5 heteroatoms. The van der Waals surface area contributed by atoms with E-state index in [9.17, 15) is 9.90 Å². The van der Waals surface area contributed by atoms with E-state index in [0.717, 1.165) is 37.0 Å². The summed E-state index contributed by atoms with van der Waals surface area (Å²) >= 11 is 0. The van der Waals surface area contributed by atoms with Crippen molar-refractivity contribution in [1.29, 1.82) is 0 Å². The van der Waals surface area contributed by atoms with Gasteiger partial charge in [-0.3, -0.25) is 4.79 Å². The van der Waals surface area contributed by atoms with Crippen molar-refractivity contribution in [1.82, 2.24) is 5.32 Å². The molecule has 1 fully saturated rings. The third kappa shape index (κ3) is 4.38. The first-order chi connectivity index (χ1) is 11.7. The first kappa shape index (κ1) is 16.6. The molecular weight excluding hydrogens is 306 g/mol. The maximum absolute atomic E-state index is 12.3. The van der Waals surface area contributed by atoms with Crippen LogP contribution in [0.3, 0.4) is 0 Å². The Labute approximate surface area is 141 Å². The summed E-state index contributed by atoms with van der Waals surface area (Å²) in [7, 11) is 0. The number of benzene rings is 1. The molecule has 1 amide bonds. The van der Waals surface area contributed by atoms with Gasteiger partial charge in [-0.05, 0) is 43.4 Å². The molecule has 0 radical (unpaired) electrons. The molecule has 0 saturated heterocycles. The van der Waals surface area contributed by atoms with E-state index in [2.05, 4.69) is 5.32 Å². The van der Waals surface area contributed by atoms with Crippen LogP contribution in [0.2, 0.25) is 0 Å². The molecule has 0 spiro atoms. The number of hydrogen-bond acceptors (Lipinski definition) is 4. The monoisotopic (exact) mass is 329 g/mol. The lowest BCUT2D eigenvalue weighted by Crippen LogP contribution is -2.33. The largest absolute Gasteiger partial charge is 0.489 e. The second-order valence-electron chi connectivity index (χ2n) is 6.27. The summed E-state index contributed by atoms with van der Waals surface area (Å²) < 4.78 is 11.0. The van der Waals surface area contributed by atoms with Crippen LogP contribution in [-0.2, 0) is 6.61 Å². The number of furan rings is 1. The summed E-state index contributed by atoms with van der Waals surface area (Å²) in [6.45, 7) is 0.848. The summed E-state index contributed by atoms with van der Waals surface area (Å²) in [5.41, 5.74) is 0.722. The van der Waals surface area contributed by atoms with Crippen LogP contribution in [0.25, 0.3) is 0 Å². The van der Waals surface area contributed by atoms with Gasteiger partial charge in [0.2, 0.25) is 0 Å². The topological polar surface area (TPSA) is 71.7 Å². The molecule has 1 aromatic heterocycles. The number of aliphatic hydroxyl groups excluding tert-OH is 1. The number of nitrogens with one attached hydrogen (secondary N) is 1. The second kappa shape index (κ2) is 8.02. The van der Waals surface area contributed by atoms with Crippen LogP contribution >= 0.6 is 0 Å². The molecule has 1 aromatic carbocycles. The van der Waals surface area contributed by atoms with E-state index in [0.29, 0.717) is 18.2 Å². The van der Waals surface area contributed by atoms with Gasteiger partial charge in [-0.1, -0.05) is 24.6 Å². The van der Waals surface area contributed by atoms with Crippen molar-refractivity contribution in [2.24, 2.45) is 5.92 Å². The van der Waals surface area contributed by atoms with Gasteiger partial charge in [0.05, 0.1) is 12.4 Å². The zero-order valence-corrected chi connectivity index (χ0v) is 13.6. The fourth-order valence-corrected chi connectivity index (χ4v) is 3.09. The van der Waals surface area contributed by atoms with Gasteiger partial charge in [0.1, 0.15) is 12.4 Å². The van der Waals surface area contributed by atoms with Crippen LogP contribution < -0.4 is 10.1 Å². The minimum Gasteiger partial charge on any atom is -0.489 e. The van der Waals surface area contributed by atoms with Gasteiger partial charge >= 0.3 is 0 Å². The van der Waals surface area contributed by atoms with Gasteiger partial charge in [0.15, 0.2) is 5.76 Å². The van der Waals surface area contributed by atoms with Crippen molar-refractivity contribution < 1.29 is 19.1 Å². The third-order valence-electron chi connectivity index (χ3n) is 4.40. The first-order valence-corrected chi connectivity index (χ1v) is 8.43. The molecule has 2 atom stereocenters. The lowest BCUT2D eigenvalue weighted by molar-refractivity contribution is 0.0851. The van der Waals surface area contributed by atoms with Crippen molar-refractivity contribution >= 4 is 5.91 Å². The third-order valence-corrected chi connectivity index (χ3v) is 4.40. The number of aliphatic hydroxyl groups is 1. The fraction of sp³-hybridized carbons (Fsp3) is 0.421. The van der Waals surface area contributed by atoms with Crippen molar-refractivity contribution in [3.8, 4) is 5.75 Å². The fourth-order valence-electron chi connectivity index (χ4n) is 3.09. The molecule has 2 unspecified atom stereocenters. The normalized spacial score (nSPS) is 20.5. The highest BCUT2D eigenvalue weighted by atomic mass is 16.5. The molecule has 2 aromatic rings. The van der Waals surface area contributed by atoms with Crippen LogP contribution in [0.1, 0.15) is 41.8 Å². The van der Waals surface area contributed by atoms with Crippen LogP contribution in [0.15, 0.2) is 47.1 Å². The molecule has 0 bridgehead atoms. The number of hydrogen-bond donors (Lipinski definition) is 2. The molecule has 1 heterocycles. The molecule has 5 nitrogen and oxygen atoms in total. The van der Waals surface area contributed by atoms with E-state index >= 15 is 0 Å². The van der Waals surface area contributed by atoms with Crippen molar-refractivity contribution in [2.75, 3.05) is 6.54 Å². The van der Waals surface area contributed by atoms with Gasteiger partial charge < -0.3 is 19.6 Å². The predicted molar refractivity (Wildman–Crippen MR) is 89.8 cm³/mol. The Morgan fingerprint density at radius 1 is 1.25 bits per heavy atom. The number of amides is 1. The molecule has 24 heavy (non-hydrogen) atoms. The quantitative estimate of drug-likeness (QED) is 0.854. The number of ether oxygens (including phenoxy) is 1. The SMILES string of the molecule is O=C(NCC1CCCC(O)C1)c1occc1COc1ccccc1. The summed E-state index contributed by atoms with van der Waals surface area (Å²) in [4.78, 5) is 12.3. The first-order valence-electron chi connectivity index (χ1n) is 8.43. The molecule has 1 aliphatic rings. The molecule has 1 saturated carbocycles. The Bertz CT molecular complexity index is 652. The van der Waals surface area contributed by atoms with E-state index in [1.807, 2.05) is 30.3 Å². The maximum Gasteiger partial charge on any atom is 0.287 e. The van der Waals surface area contributed by atoms with Gasteiger partial charge in [-0.2, -0.15) is 0 Å². The Kier molecular flexibility index (Phi) is 5.54. The summed E-state index contributed by atoms with van der Waals surface area (Å²) in [6.07, 6.45) is 4.94. The molecule has 2 N–H and O–H groups in total. The molecule has 3 rings (SSSR count). The Balaban J connectivity index is 1.53. The standard InChI is InChI=1S/C19H23NO4/c21-16-6-4-5-14(11-16)12-20-19(22)18-15(9-10-23-18)13-24-17-7-2-1-3-8-17/h1-3,7-10,14,16,21H,4-6,11-13H2,(H,20,22). The zero-order valence-electron chi connectivity index (χ0n) is 13.6. The zero-order chi connectivity index (χ0) is 16.8. The van der Waals surface area contributed by atoms with Crippen LogP contribution in [0.5, 0.6) is 5.75 Å². The molecule has 0 aliphatic heterocycles. The van der Waals surface area contributed by atoms with Crippen molar-refractivity contribution in [2.45, 2.75) is 38.4 Å². The Hall–Kier alpha value is -2.27. The lowest BCUT2D eigenvalue weighted by atomic mass is 9.87. The maximum atomic E-state index is 12.3. The predicted octanol–water partition coefficient (Wildman–Crippen LogP) is 3.14. The number of carbonyl (C=O) groups excluding carboxylic acids is 1. The van der Waals surface area contributed by atoms with Gasteiger partial charge in [0.25, 0.3) is 5.91 Å². The average Bonchev–Trinajstić information content (AvgIpc) is 3.07. The summed E-state index contributed by atoms with van der Waals surface area (Å²) in [5, 5.41) is 12.6.